The molecule has 0 aliphatic carbocycles. The van der Waals surface area contributed by atoms with Crippen molar-refractivity contribution in [1.82, 2.24) is 0 Å². The van der Waals surface area contributed by atoms with Crippen LogP contribution in [0.15, 0.2) is 29.4 Å². The van der Waals surface area contributed by atoms with Gasteiger partial charge in [-0.25, -0.2) is 5.01 Å². The smallest absolute Gasteiger partial charge is 0.257 e. The average Bonchev–Trinajstić information content (AvgIpc) is 2.67. The predicted octanol–water partition coefficient (Wildman–Crippen LogP) is 1.95. The monoisotopic (exact) mass is 243 g/mol. The first-order chi connectivity index (χ1) is 8.67. The molecule has 1 aromatic rings. The van der Waals surface area contributed by atoms with E-state index in [0.29, 0.717) is 17.1 Å². The normalized spacial score (nSPS) is 18.5. The lowest BCUT2D eigenvalue weighted by molar-refractivity contribution is -0.119. The Bertz CT molecular complexity index is 545. The summed E-state index contributed by atoms with van der Waals surface area (Å²) < 4.78 is 5.11. The van der Waals surface area contributed by atoms with Crippen LogP contribution in [0, 0.1) is 17.2 Å². The lowest BCUT2D eigenvalue weighted by atomic mass is 10.0. The van der Waals surface area contributed by atoms with Gasteiger partial charge in [-0.05, 0) is 19.1 Å². The van der Waals surface area contributed by atoms with Crippen LogP contribution in [0.3, 0.4) is 0 Å². The van der Waals surface area contributed by atoms with E-state index < -0.39 is 5.92 Å². The fraction of sp³-hybridized carbons (Fsp3) is 0.308. The first-order valence-corrected chi connectivity index (χ1v) is 5.57. The summed E-state index contributed by atoms with van der Waals surface area (Å²) in [4.78, 5) is 12.1. The van der Waals surface area contributed by atoms with Crippen molar-refractivity contribution < 1.29 is 9.53 Å². The third-order valence-electron chi connectivity index (χ3n) is 2.86. The van der Waals surface area contributed by atoms with Gasteiger partial charge in [0, 0.05) is 11.8 Å². The second-order valence-corrected chi connectivity index (χ2v) is 4.01. The van der Waals surface area contributed by atoms with E-state index in [1.807, 2.05) is 6.07 Å². The molecule has 1 atom stereocenters. The first-order valence-electron chi connectivity index (χ1n) is 5.57. The van der Waals surface area contributed by atoms with Crippen LogP contribution in [0.1, 0.15) is 13.3 Å². The maximum atomic E-state index is 12.1. The van der Waals surface area contributed by atoms with E-state index in [9.17, 15) is 4.79 Å². The van der Waals surface area contributed by atoms with E-state index in [1.54, 1.807) is 38.3 Å². The molecule has 1 aromatic carbocycles. The number of hydrogen-bond acceptors (Lipinski definition) is 4. The van der Waals surface area contributed by atoms with Gasteiger partial charge in [0.25, 0.3) is 5.91 Å². The Morgan fingerprint density at radius 2 is 2.33 bits per heavy atom. The summed E-state index contributed by atoms with van der Waals surface area (Å²) in [6.45, 7) is 1.76. The number of benzene rings is 1. The van der Waals surface area contributed by atoms with Crippen LogP contribution < -0.4 is 9.75 Å². The molecule has 0 spiro atoms. The molecule has 0 bridgehead atoms. The van der Waals surface area contributed by atoms with Crippen molar-refractivity contribution in [1.29, 1.82) is 5.26 Å². The molecule has 5 nitrogen and oxygen atoms in total. The van der Waals surface area contributed by atoms with Crippen molar-refractivity contribution in [3.63, 3.8) is 0 Å². The molecule has 0 N–H and O–H groups in total. The summed E-state index contributed by atoms with van der Waals surface area (Å²) in [5.41, 5.74) is 1.32. The van der Waals surface area contributed by atoms with Crippen LogP contribution in [0.5, 0.6) is 5.75 Å². The standard InChI is InChI=1S/C13H13N3O2/c1-9-12(6-7-14)13(17)16(15-9)10-4-3-5-11(8-10)18-2/h3-5,8,12H,6H2,1-2H3. The van der Waals surface area contributed by atoms with Crippen LogP contribution in [0.4, 0.5) is 5.69 Å². The van der Waals surface area contributed by atoms with Gasteiger partial charge in [-0.3, -0.25) is 4.79 Å². The molecular weight excluding hydrogens is 230 g/mol. The molecule has 0 aromatic heterocycles. The Balaban J connectivity index is 2.30. The highest BCUT2D eigenvalue weighted by molar-refractivity contribution is 6.14. The van der Waals surface area contributed by atoms with Gasteiger partial charge in [0.1, 0.15) is 5.75 Å². The van der Waals surface area contributed by atoms with Crippen LogP contribution in [-0.4, -0.2) is 18.7 Å². The quantitative estimate of drug-likeness (QED) is 0.814. The molecule has 2 rings (SSSR count). The molecule has 0 saturated carbocycles. The van der Waals surface area contributed by atoms with Crippen molar-refractivity contribution >= 4 is 17.3 Å². The SMILES string of the molecule is COc1cccc(N2N=C(C)C(CC#N)C2=O)c1. The van der Waals surface area contributed by atoms with Gasteiger partial charge in [0.05, 0.1) is 31.2 Å². The van der Waals surface area contributed by atoms with Crippen molar-refractivity contribution in [2.45, 2.75) is 13.3 Å². The number of ether oxygens (including phenoxy) is 1. The second-order valence-electron chi connectivity index (χ2n) is 4.01. The molecule has 1 aliphatic rings. The molecule has 1 unspecified atom stereocenters. The fourth-order valence-electron chi connectivity index (χ4n) is 1.86. The second kappa shape index (κ2) is 4.88. The number of anilines is 1. The summed E-state index contributed by atoms with van der Waals surface area (Å²) in [5, 5.41) is 14.2. The largest absolute Gasteiger partial charge is 0.497 e. The molecule has 0 fully saturated rings. The van der Waals surface area contributed by atoms with E-state index in [-0.39, 0.29) is 12.3 Å². The molecule has 0 saturated heterocycles. The van der Waals surface area contributed by atoms with Crippen molar-refractivity contribution in [3.8, 4) is 11.8 Å². The highest BCUT2D eigenvalue weighted by Crippen LogP contribution is 2.27. The Morgan fingerprint density at radius 1 is 1.56 bits per heavy atom. The maximum Gasteiger partial charge on any atom is 0.257 e. The number of carbonyl (C=O) groups excluding carboxylic acids is 1. The Labute approximate surface area is 105 Å². The first kappa shape index (κ1) is 12.1. The Morgan fingerprint density at radius 3 is 3.00 bits per heavy atom. The number of carbonyl (C=O) groups is 1. The van der Waals surface area contributed by atoms with Crippen LogP contribution in [0.25, 0.3) is 0 Å². The number of nitrogens with zero attached hydrogens (tertiary/aromatic N) is 3. The molecule has 18 heavy (non-hydrogen) atoms. The van der Waals surface area contributed by atoms with E-state index in [1.165, 1.54) is 5.01 Å². The molecular formula is C13H13N3O2. The average molecular weight is 243 g/mol. The summed E-state index contributed by atoms with van der Waals surface area (Å²) in [7, 11) is 1.57. The molecule has 0 radical (unpaired) electrons. The summed E-state index contributed by atoms with van der Waals surface area (Å²) in [5.74, 6) is 0.0698. The molecule has 92 valence electrons. The van der Waals surface area contributed by atoms with E-state index in [2.05, 4.69) is 5.10 Å². The highest BCUT2D eigenvalue weighted by Gasteiger charge is 2.34. The minimum absolute atomic E-state index is 0.161. The molecule has 1 heterocycles. The molecule has 1 aliphatic heterocycles. The van der Waals surface area contributed by atoms with E-state index in [4.69, 9.17) is 10.00 Å². The van der Waals surface area contributed by atoms with E-state index in [0.717, 1.165) is 0 Å². The maximum absolute atomic E-state index is 12.1. The molecule has 1 amide bonds. The number of methoxy groups -OCH3 is 1. The molecule has 5 heteroatoms. The van der Waals surface area contributed by atoms with Gasteiger partial charge in [0.2, 0.25) is 0 Å². The predicted molar refractivity (Wildman–Crippen MR) is 67.3 cm³/mol. The third-order valence-corrected chi connectivity index (χ3v) is 2.86. The van der Waals surface area contributed by atoms with Gasteiger partial charge < -0.3 is 4.74 Å². The van der Waals surface area contributed by atoms with E-state index >= 15 is 0 Å². The number of amides is 1. The summed E-state index contributed by atoms with van der Waals surface area (Å²) in [6, 6.07) is 9.13. The van der Waals surface area contributed by atoms with Crippen molar-refractivity contribution in [2.75, 3.05) is 12.1 Å². The van der Waals surface area contributed by atoms with Crippen LogP contribution in [-0.2, 0) is 4.79 Å². The minimum atomic E-state index is -0.429. The number of nitriles is 1. The third kappa shape index (κ3) is 2.05. The zero-order valence-electron chi connectivity index (χ0n) is 10.3. The zero-order valence-corrected chi connectivity index (χ0v) is 10.3. The Hall–Kier alpha value is -2.35. The fourth-order valence-corrected chi connectivity index (χ4v) is 1.86. The lowest BCUT2D eigenvalue weighted by Gasteiger charge is -2.14. The van der Waals surface area contributed by atoms with Gasteiger partial charge in [-0.15, -0.1) is 0 Å². The topological polar surface area (TPSA) is 65.7 Å². The number of rotatable bonds is 3. The summed E-state index contributed by atoms with van der Waals surface area (Å²) >= 11 is 0. The number of hydrazone groups is 1. The van der Waals surface area contributed by atoms with Crippen molar-refractivity contribution in [3.05, 3.63) is 24.3 Å². The summed E-state index contributed by atoms with van der Waals surface area (Å²) in [6.07, 6.45) is 0.161. The zero-order chi connectivity index (χ0) is 13.1. The number of hydrogen-bond donors (Lipinski definition) is 0. The van der Waals surface area contributed by atoms with Crippen LogP contribution >= 0.6 is 0 Å². The highest BCUT2D eigenvalue weighted by atomic mass is 16.5. The van der Waals surface area contributed by atoms with Gasteiger partial charge >= 0.3 is 0 Å². The Kier molecular flexibility index (Phi) is 3.28. The van der Waals surface area contributed by atoms with Gasteiger partial charge in [-0.2, -0.15) is 10.4 Å². The van der Waals surface area contributed by atoms with Gasteiger partial charge in [0.15, 0.2) is 0 Å². The minimum Gasteiger partial charge on any atom is -0.497 e. The lowest BCUT2D eigenvalue weighted by Crippen LogP contribution is -2.26. The van der Waals surface area contributed by atoms with Crippen molar-refractivity contribution in [2.24, 2.45) is 11.0 Å². The van der Waals surface area contributed by atoms with Gasteiger partial charge in [-0.1, -0.05) is 6.07 Å². The van der Waals surface area contributed by atoms with Crippen LogP contribution in [0.2, 0.25) is 0 Å².